The van der Waals surface area contributed by atoms with Crippen molar-refractivity contribution in [2.75, 3.05) is 7.11 Å². The summed E-state index contributed by atoms with van der Waals surface area (Å²) in [5.74, 6) is -0.140. The summed E-state index contributed by atoms with van der Waals surface area (Å²) >= 11 is 0. The molecule has 64 valence electrons. The van der Waals surface area contributed by atoms with Crippen LogP contribution in [0.4, 0.5) is 0 Å². The van der Waals surface area contributed by atoms with Crippen molar-refractivity contribution in [3.05, 3.63) is 34.0 Å². The lowest BCUT2D eigenvalue weighted by atomic mass is 10.3. The number of aryl methyl sites for hydroxylation is 1. The first-order valence-electron chi connectivity index (χ1n) is 3.53. The molecule has 0 heterocycles. The first-order chi connectivity index (χ1) is 5.65. The summed E-state index contributed by atoms with van der Waals surface area (Å²) in [7, 11) is 1.41. The Morgan fingerprint density at radius 1 is 1.42 bits per heavy atom. The molecule has 0 spiro atoms. The predicted octanol–water partition coefficient (Wildman–Crippen LogP) is 1.07. The standard InChI is InChI=1S/C9H10O3/c1-6-3-4-8(12-2)9(11)7(10)5-6/h3-5H,1-2H3,(H,10,11). The first-order valence-corrected chi connectivity index (χ1v) is 3.53. The van der Waals surface area contributed by atoms with Crippen LogP contribution >= 0.6 is 0 Å². The molecule has 0 saturated carbocycles. The van der Waals surface area contributed by atoms with E-state index >= 15 is 0 Å². The summed E-state index contributed by atoms with van der Waals surface area (Å²) in [5.41, 5.74) is 0.368. The molecule has 0 atom stereocenters. The van der Waals surface area contributed by atoms with Crippen LogP contribution in [0.2, 0.25) is 0 Å². The smallest absolute Gasteiger partial charge is 0.224 e. The number of rotatable bonds is 1. The van der Waals surface area contributed by atoms with Crippen molar-refractivity contribution in [1.29, 1.82) is 0 Å². The molecular formula is C9H10O3. The van der Waals surface area contributed by atoms with Crippen molar-refractivity contribution in [2.45, 2.75) is 6.92 Å². The van der Waals surface area contributed by atoms with Crippen molar-refractivity contribution in [2.24, 2.45) is 0 Å². The minimum atomic E-state index is -0.422. The summed E-state index contributed by atoms with van der Waals surface area (Å²) < 4.78 is 4.79. The highest BCUT2D eigenvalue weighted by Crippen LogP contribution is 2.18. The second-order valence-electron chi connectivity index (χ2n) is 2.50. The predicted molar refractivity (Wildman–Crippen MR) is 45.7 cm³/mol. The van der Waals surface area contributed by atoms with Gasteiger partial charge in [-0.05, 0) is 24.6 Å². The fraction of sp³-hybridized carbons (Fsp3) is 0.222. The van der Waals surface area contributed by atoms with E-state index in [1.807, 2.05) is 0 Å². The number of ether oxygens (including phenoxy) is 1. The molecule has 0 saturated heterocycles. The highest BCUT2D eigenvalue weighted by molar-refractivity contribution is 5.38. The third-order valence-corrected chi connectivity index (χ3v) is 1.54. The highest BCUT2D eigenvalue weighted by Gasteiger charge is 2.02. The van der Waals surface area contributed by atoms with Gasteiger partial charge in [0.15, 0.2) is 5.75 Å². The van der Waals surface area contributed by atoms with Crippen LogP contribution in [0.1, 0.15) is 5.56 Å². The number of hydrogen-bond donors (Lipinski definition) is 1. The van der Waals surface area contributed by atoms with Crippen LogP contribution in [0.5, 0.6) is 11.5 Å². The maximum atomic E-state index is 11.1. The average molecular weight is 166 g/mol. The van der Waals surface area contributed by atoms with E-state index in [2.05, 4.69) is 0 Å². The Labute approximate surface area is 70.2 Å². The highest BCUT2D eigenvalue weighted by atomic mass is 16.5. The Morgan fingerprint density at radius 3 is 2.67 bits per heavy atom. The number of methoxy groups -OCH3 is 1. The largest absolute Gasteiger partial charge is 0.502 e. The molecule has 0 aliphatic rings. The van der Waals surface area contributed by atoms with Crippen molar-refractivity contribution in [3.8, 4) is 11.5 Å². The van der Waals surface area contributed by atoms with Crippen LogP contribution in [0.3, 0.4) is 0 Å². The molecule has 3 nitrogen and oxygen atoms in total. The van der Waals surface area contributed by atoms with E-state index in [1.54, 1.807) is 19.1 Å². The lowest BCUT2D eigenvalue weighted by molar-refractivity contribution is 0.372. The molecule has 0 radical (unpaired) electrons. The normalized spacial score (nSPS) is 9.50. The van der Waals surface area contributed by atoms with E-state index in [9.17, 15) is 9.90 Å². The van der Waals surface area contributed by atoms with Gasteiger partial charge in [-0.3, -0.25) is 4.79 Å². The summed E-state index contributed by atoms with van der Waals surface area (Å²) in [6.07, 6.45) is 0. The van der Waals surface area contributed by atoms with E-state index in [1.165, 1.54) is 13.2 Å². The van der Waals surface area contributed by atoms with Gasteiger partial charge >= 0.3 is 0 Å². The molecule has 1 aromatic carbocycles. The van der Waals surface area contributed by atoms with Crippen LogP contribution in [0, 0.1) is 6.92 Å². The summed E-state index contributed by atoms with van der Waals surface area (Å²) in [4.78, 5) is 11.1. The Kier molecular flexibility index (Phi) is 2.33. The molecule has 0 bridgehead atoms. The molecule has 12 heavy (non-hydrogen) atoms. The van der Waals surface area contributed by atoms with Crippen LogP contribution < -0.4 is 10.2 Å². The van der Waals surface area contributed by atoms with Gasteiger partial charge in [0.25, 0.3) is 0 Å². The van der Waals surface area contributed by atoms with Crippen LogP contribution in [0.15, 0.2) is 23.0 Å². The molecule has 3 heteroatoms. The fourth-order valence-electron chi connectivity index (χ4n) is 0.895. The second-order valence-corrected chi connectivity index (χ2v) is 2.50. The minimum Gasteiger partial charge on any atom is -0.502 e. The van der Waals surface area contributed by atoms with Gasteiger partial charge in [0.1, 0.15) is 0 Å². The van der Waals surface area contributed by atoms with Gasteiger partial charge in [-0.1, -0.05) is 6.07 Å². The van der Waals surface area contributed by atoms with Crippen molar-refractivity contribution < 1.29 is 9.84 Å². The van der Waals surface area contributed by atoms with Gasteiger partial charge in [-0.2, -0.15) is 0 Å². The Morgan fingerprint density at radius 2 is 2.08 bits per heavy atom. The second kappa shape index (κ2) is 3.26. The third kappa shape index (κ3) is 1.56. The van der Waals surface area contributed by atoms with Gasteiger partial charge in [-0.25, -0.2) is 0 Å². The monoisotopic (exact) mass is 166 g/mol. The maximum Gasteiger partial charge on any atom is 0.224 e. The minimum absolute atomic E-state index is 0.202. The van der Waals surface area contributed by atoms with Crippen LogP contribution in [-0.2, 0) is 0 Å². The molecule has 0 aromatic heterocycles. The average Bonchev–Trinajstić information content (AvgIpc) is 2.14. The summed E-state index contributed by atoms with van der Waals surface area (Å²) in [5, 5.41) is 9.24. The maximum absolute atomic E-state index is 11.1. The molecule has 0 amide bonds. The van der Waals surface area contributed by atoms with Crippen molar-refractivity contribution in [3.63, 3.8) is 0 Å². The van der Waals surface area contributed by atoms with Gasteiger partial charge in [-0.15, -0.1) is 0 Å². The zero-order chi connectivity index (χ0) is 9.14. The number of hydrogen-bond acceptors (Lipinski definition) is 3. The topological polar surface area (TPSA) is 46.5 Å². The van der Waals surface area contributed by atoms with E-state index < -0.39 is 5.43 Å². The molecule has 1 rings (SSSR count). The SMILES string of the molecule is COc1ccc(C)cc(=O)c1O. The van der Waals surface area contributed by atoms with Gasteiger partial charge in [0.05, 0.1) is 7.11 Å². The molecule has 0 aliphatic carbocycles. The summed E-state index contributed by atoms with van der Waals surface area (Å²) in [6.45, 7) is 1.78. The lowest BCUT2D eigenvalue weighted by Gasteiger charge is -1.95. The Balaban J connectivity index is 3.48. The lowest BCUT2D eigenvalue weighted by Crippen LogP contribution is -1.95. The van der Waals surface area contributed by atoms with Crippen molar-refractivity contribution in [1.82, 2.24) is 0 Å². The fourth-order valence-corrected chi connectivity index (χ4v) is 0.895. The van der Waals surface area contributed by atoms with E-state index in [-0.39, 0.29) is 11.5 Å². The van der Waals surface area contributed by atoms with Crippen LogP contribution in [0.25, 0.3) is 0 Å². The zero-order valence-electron chi connectivity index (χ0n) is 7.00. The molecule has 1 N–H and O–H groups in total. The number of aromatic hydroxyl groups is 1. The molecule has 1 aromatic rings. The first kappa shape index (κ1) is 8.59. The van der Waals surface area contributed by atoms with E-state index in [4.69, 9.17) is 4.74 Å². The molecule has 0 fully saturated rings. The van der Waals surface area contributed by atoms with Gasteiger partial charge in [0, 0.05) is 0 Å². The van der Waals surface area contributed by atoms with E-state index in [0.29, 0.717) is 0 Å². The Hall–Kier alpha value is -1.51. The van der Waals surface area contributed by atoms with Crippen LogP contribution in [-0.4, -0.2) is 12.2 Å². The Bertz CT molecular complexity index is 344. The molecule has 0 unspecified atom stereocenters. The van der Waals surface area contributed by atoms with Crippen molar-refractivity contribution >= 4 is 0 Å². The summed E-state index contributed by atoms with van der Waals surface area (Å²) in [6, 6.07) is 4.63. The van der Waals surface area contributed by atoms with Gasteiger partial charge < -0.3 is 9.84 Å². The molecular weight excluding hydrogens is 156 g/mol. The molecule has 0 aliphatic heterocycles. The van der Waals surface area contributed by atoms with E-state index in [0.717, 1.165) is 5.56 Å². The third-order valence-electron chi connectivity index (χ3n) is 1.54. The van der Waals surface area contributed by atoms with Gasteiger partial charge in [0.2, 0.25) is 11.2 Å². The quantitative estimate of drug-likeness (QED) is 0.678. The zero-order valence-corrected chi connectivity index (χ0v) is 7.00.